The van der Waals surface area contributed by atoms with Crippen LogP contribution in [0.5, 0.6) is 0 Å². The van der Waals surface area contributed by atoms with Gasteiger partial charge in [0.1, 0.15) is 17.4 Å². The summed E-state index contributed by atoms with van der Waals surface area (Å²) in [6, 6.07) is 10.2. The maximum absolute atomic E-state index is 12.5. The Morgan fingerprint density at radius 2 is 1.83 bits per heavy atom. The van der Waals surface area contributed by atoms with E-state index in [0.29, 0.717) is 30.4 Å². The Balaban J connectivity index is 1.45. The molecule has 1 N–H and O–H groups in total. The number of hydrogen-bond acceptors (Lipinski definition) is 8. The Kier molecular flexibility index (Phi) is 4.41. The highest BCUT2D eigenvalue weighted by molar-refractivity contribution is 5.71. The lowest BCUT2D eigenvalue weighted by atomic mass is 10.1. The number of rotatable bonds is 4. The fraction of sp³-hybridized carbons (Fsp3) is 0.200. The molecule has 0 radical (unpaired) electrons. The van der Waals surface area contributed by atoms with Crippen molar-refractivity contribution in [3.05, 3.63) is 71.5 Å². The van der Waals surface area contributed by atoms with Gasteiger partial charge in [-0.05, 0) is 30.3 Å². The molecule has 144 valence electrons. The number of ether oxygens (including phenoxy) is 1. The van der Waals surface area contributed by atoms with E-state index >= 15 is 0 Å². The first kappa shape index (κ1) is 17.4. The molecule has 0 spiro atoms. The Labute approximate surface area is 165 Å². The van der Waals surface area contributed by atoms with Crippen LogP contribution in [0.25, 0.3) is 22.4 Å². The van der Waals surface area contributed by atoms with Gasteiger partial charge in [0.15, 0.2) is 5.65 Å². The van der Waals surface area contributed by atoms with Crippen LogP contribution in [0.4, 0.5) is 5.82 Å². The molecular formula is C20H17N7O2. The van der Waals surface area contributed by atoms with E-state index < -0.39 is 0 Å². The van der Waals surface area contributed by atoms with Gasteiger partial charge >= 0.3 is 0 Å². The molecule has 5 heterocycles. The van der Waals surface area contributed by atoms with E-state index in [1.807, 2.05) is 24.3 Å². The van der Waals surface area contributed by atoms with Crippen LogP contribution in [0, 0.1) is 0 Å². The zero-order valence-electron chi connectivity index (χ0n) is 15.3. The summed E-state index contributed by atoms with van der Waals surface area (Å²) in [5.74, 6) is 0.650. The predicted octanol–water partition coefficient (Wildman–Crippen LogP) is 1.70. The first-order valence-corrected chi connectivity index (χ1v) is 9.20. The Morgan fingerprint density at radius 3 is 2.72 bits per heavy atom. The molecule has 2 unspecified atom stereocenters. The zero-order chi connectivity index (χ0) is 19.6. The van der Waals surface area contributed by atoms with Crippen molar-refractivity contribution in [3.8, 4) is 11.3 Å². The lowest BCUT2D eigenvalue weighted by Gasteiger charge is -2.21. The zero-order valence-corrected chi connectivity index (χ0v) is 15.3. The molecule has 1 saturated heterocycles. The van der Waals surface area contributed by atoms with Crippen molar-refractivity contribution < 1.29 is 4.74 Å². The van der Waals surface area contributed by atoms with E-state index in [1.165, 1.54) is 10.7 Å². The number of pyridine rings is 2. The first-order chi connectivity index (χ1) is 14.3. The van der Waals surface area contributed by atoms with E-state index in [9.17, 15) is 4.79 Å². The molecule has 2 atom stereocenters. The summed E-state index contributed by atoms with van der Waals surface area (Å²) in [4.78, 5) is 29.5. The third kappa shape index (κ3) is 3.43. The quantitative estimate of drug-likeness (QED) is 0.564. The van der Waals surface area contributed by atoms with E-state index in [4.69, 9.17) is 4.74 Å². The highest BCUT2D eigenvalue weighted by Crippen LogP contribution is 2.23. The van der Waals surface area contributed by atoms with Gasteiger partial charge in [0, 0.05) is 36.4 Å². The lowest BCUT2D eigenvalue weighted by Crippen LogP contribution is -2.37. The predicted molar refractivity (Wildman–Crippen MR) is 106 cm³/mol. The van der Waals surface area contributed by atoms with Gasteiger partial charge in [0.05, 0.1) is 24.9 Å². The van der Waals surface area contributed by atoms with Crippen LogP contribution in [0.15, 0.2) is 66.0 Å². The Hall–Kier alpha value is -3.72. The number of aromatic nitrogens is 6. The molecule has 29 heavy (non-hydrogen) atoms. The molecule has 0 amide bonds. The van der Waals surface area contributed by atoms with Gasteiger partial charge in [-0.25, -0.2) is 14.6 Å². The van der Waals surface area contributed by atoms with Crippen molar-refractivity contribution in [2.24, 2.45) is 0 Å². The number of nitrogens with one attached hydrogen (secondary N) is 1. The molecule has 9 heteroatoms. The molecule has 1 fully saturated rings. The second-order valence-electron chi connectivity index (χ2n) is 6.69. The average molecular weight is 387 g/mol. The fourth-order valence-corrected chi connectivity index (χ4v) is 3.39. The van der Waals surface area contributed by atoms with Crippen molar-refractivity contribution in [3.63, 3.8) is 0 Å². The number of anilines is 1. The van der Waals surface area contributed by atoms with Crippen molar-refractivity contribution in [2.75, 3.05) is 18.5 Å². The molecule has 5 rings (SSSR count). The third-order valence-electron chi connectivity index (χ3n) is 4.83. The van der Waals surface area contributed by atoms with Gasteiger partial charge in [-0.2, -0.15) is 5.10 Å². The molecule has 0 aliphatic carbocycles. The molecule has 0 bridgehead atoms. The van der Waals surface area contributed by atoms with E-state index in [0.717, 1.165) is 11.1 Å². The number of hydrogen-bond donors (Lipinski definition) is 1. The minimum Gasteiger partial charge on any atom is -0.377 e. The molecule has 0 aromatic carbocycles. The first-order valence-electron chi connectivity index (χ1n) is 9.20. The van der Waals surface area contributed by atoms with Gasteiger partial charge in [0.2, 0.25) is 0 Å². The van der Waals surface area contributed by atoms with Crippen molar-refractivity contribution >= 4 is 17.0 Å². The summed E-state index contributed by atoms with van der Waals surface area (Å²) in [6.45, 7) is 0.830. The van der Waals surface area contributed by atoms with Crippen molar-refractivity contribution in [1.82, 2.24) is 29.7 Å². The summed E-state index contributed by atoms with van der Waals surface area (Å²) < 4.78 is 7.14. The van der Waals surface area contributed by atoms with Crippen LogP contribution in [0.1, 0.15) is 6.04 Å². The maximum atomic E-state index is 12.5. The smallest absolute Gasteiger partial charge is 0.267 e. The summed E-state index contributed by atoms with van der Waals surface area (Å²) >= 11 is 0. The van der Waals surface area contributed by atoms with Crippen LogP contribution in [0.3, 0.4) is 0 Å². The summed E-state index contributed by atoms with van der Waals surface area (Å²) in [6.07, 6.45) is 6.63. The van der Waals surface area contributed by atoms with Gasteiger partial charge in [0.25, 0.3) is 5.56 Å². The Bertz CT molecular complexity index is 1210. The van der Waals surface area contributed by atoms with Gasteiger partial charge < -0.3 is 10.1 Å². The molecule has 9 nitrogen and oxygen atoms in total. The monoisotopic (exact) mass is 387 g/mol. The number of fused-ring (bicyclic) bond motifs is 1. The maximum Gasteiger partial charge on any atom is 0.267 e. The molecule has 4 aromatic rings. The highest BCUT2D eigenvalue weighted by atomic mass is 16.5. The molecule has 0 saturated carbocycles. The second-order valence-corrected chi connectivity index (χ2v) is 6.69. The fourth-order valence-electron chi connectivity index (χ4n) is 3.39. The van der Waals surface area contributed by atoms with Gasteiger partial charge in [-0.1, -0.05) is 0 Å². The summed E-state index contributed by atoms with van der Waals surface area (Å²) in [5, 5.41) is 7.93. The second kappa shape index (κ2) is 7.36. The average Bonchev–Trinajstić information content (AvgIpc) is 3.22. The number of nitrogens with zero attached hydrogens (tertiary/aromatic N) is 6. The van der Waals surface area contributed by atoms with E-state index in [1.54, 1.807) is 30.9 Å². The molecule has 1 aliphatic rings. The summed E-state index contributed by atoms with van der Waals surface area (Å²) in [5.41, 5.74) is 2.70. The minimum atomic E-state index is -0.261. The normalized spacial score (nSPS) is 18.8. The van der Waals surface area contributed by atoms with Gasteiger partial charge in [-0.15, -0.1) is 0 Å². The molecule has 4 aromatic heterocycles. The van der Waals surface area contributed by atoms with Crippen LogP contribution in [-0.4, -0.2) is 49.0 Å². The minimum absolute atomic E-state index is 0.158. The van der Waals surface area contributed by atoms with Crippen LogP contribution < -0.4 is 10.9 Å². The van der Waals surface area contributed by atoms with Crippen LogP contribution in [-0.2, 0) is 4.74 Å². The van der Waals surface area contributed by atoms with Crippen LogP contribution in [0.2, 0.25) is 0 Å². The van der Waals surface area contributed by atoms with Crippen molar-refractivity contribution in [1.29, 1.82) is 0 Å². The Morgan fingerprint density at radius 1 is 0.966 bits per heavy atom. The molecular weight excluding hydrogens is 370 g/mol. The largest absolute Gasteiger partial charge is 0.377 e. The van der Waals surface area contributed by atoms with Crippen LogP contribution >= 0.6 is 0 Å². The lowest BCUT2D eigenvalue weighted by molar-refractivity contribution is 0.183. The van der Waals surface area contributed by atoms with Crippen molar-refractivity contribution in [2.45, 2.75) is 12.1 Å². The SMILES string of the molecule is O=c1ccc(-c2ccncc2)nn1C1COCC1Nc1ccc2nccnc2n1. The topological polar surface area (TPSA) is 108 Å². The van der Waals surface area contributed by atoms with Gasteiger partial charge in [-0.3, -0.25) is 14.8 Å². The highest BCUT2D eigenvalue weighted by Gasteiger charge is 2.32. The molecule has 1 aliphatic heterocycles. The van der Waals surface area contributed by atoms with E-state index in [2.05, 4.69) is 30.4 Å². The summed E-state index contributed by atoms with van der Waals surface area (Å²) in [7, 11) is 0. The standard InChI is InChI=1S/C20H17N7O2/c28-19-4-2-14(13-5-7-21-8-6-13)26-27(19)17-12-29-11-16(17)24-18-3-1-15-20(25-18)23-10-9-22-15/h1-10,16-17H,11-12H2,(H,23,24,25). The third-order valence-corrected chi connectivity index (χ3v) is 4.83. The van der Waals surface area contributed by atoms with E-state index in [-0.39, 0.29) is 17.6 Å².